The van der Waals surface area contributed by atoms with Crippen LogP contribution in [0.5, 0.6) is 0 Å². The Morgan fingerprint density at radius 3 is 1.92 bits per heavy atom. The van der Waals surface area contributed by atoms with Crippen molar-refractivity contribution in [1.82, 2.24) is 0 Å². The summed E-state index contributed by atoms with van der Waals surface area (Å²) in [6.45, 7) is 15.8. The Balaban J connectivity index is 0. The first kappa shape index (κ1) is 13.8. The van der Waals surface area contributed by atoms with Crippen molar-refractivity contribution >= 4 is 0 Å². The van der Waals surface area contributed by atoms with E-state index < -0.39 is 0 Å². The minimum atomic E-state index is 1.04. The van der Waals surface area contributed by atoms with Gasteiger partial charge in [0.05, 0.1) is 0 Å². The van der Waals surface area contributed by atoms with E-state index in [-0.39, 0.29) is 0 Å². The van der Waals surface area contributed by atoms with Gasteiger partial charge in [-0.3, -0.25) is 0 Å². The van der Waals surface area contributed by atoms with Gasteiger partial charge in [0.2, 0.25) is 0 Å². The molecule has 0 unspecified atom stereocenters. The van der Waals surface area contributed by atoms with Crippen LogP contribution in [-0.2, 0) is 0 Å². The van der Waals surface area contributed by atoms with Gasteiger partial charge in [0.1, 0.15) is 0 Å². The van der Waals surface area contributed by atoms with Gasteiger partial charge in [0.25, 0.3) is 0 Å². The predicted octanol–water partition coefficient (Wildman–Crippen LogP) is 4.50. The molecule has 0 bridgehead atoms. The maximum absolute atomic E-state index is 3.95. The van der Waals surface area contributed by atoms with Gasteiger partial charge >= 0.3 is 0 Å². The number of hydrogen-bond acceptors (Lipinski definition) is 0. The average molecular weight is 166 g/mol. The summed E-state index contributed by atoms with van der Waals surface area (Å²) in [6, 6.07) is 0. The highest BCUT2D eigenvalue weighted by atomic mass is 14.0. The second-order valence-corrected chi connectivity index (χ2v) is 2.24. The molecule has 0 nitrogen and oxygen atoms in total. The van der Waals surface area contributed by atoms with Gasteiger partial charge in [-0.25, -0.2) is 0 Å². The van der Waals surface area contributed by atoms with E-state index in [0.717, 1.165) is 12.8 Å². The minimum Gasteiger partial charge on any atom is -0.0991 e. The first-order valence-corrected chi connectivity index (χ1v) is 4.76. The molecule has 12 heavy (non-hydrogen) atoms. The van der Waals surface area contributed by atoms with E-state index in [1.807, 2.05) is 26.0 Å². The fraction of sp³-hybridized carbons (Fsp3) is 0.500. The molecule has 0 fully saturated rings. The fourth-order valence-electron chi connectivity index (χ4n) is 0.855. The summed E-state index contributed by atoms with van der Waals surface area (Å²) in [5, 5.41) is 0. The van der Waals surface area contributed by atoms with E-state index in [4.69, 9.17) is 0 Å². The van der Waals surface area contributed by atoms with Gasteiger partial charge in [-0.05, 0) is 18.4 Å². The standard InChI is InChI=1S/C10H16.C2H6/c1-5-8-10(7-3)9(4)6-2;1-2/h5,8H,1,4,6-7H2,2-3H3;1-2H3/b10-8-;. The Morgan fingerprint density at radius 2 is 1.67 bits per heavy atom. The highest BCUT2D eigenvalue weighted by molar-refractivity contribution is 5.30. The third kappa shape index (κ3) is 5.96. The molecule has 0 rings (SSSR count). The number of rotatable bonds is 4. The number of hydrogen-bond donors (Lipinski definition) is 0. The lowest BCUT2D eigenvalue weighted by Crippen LogP contribution is -1.83. The molecular formula is C12H22. The van der Waals surface area contributed by atoms with Crippen LogP contribution in [0.3, 0.4) is 0 Å². The van der Waals surface area contributed by atoms with Crippen LogP contribution in [-0.4, -0.2) is 0 Å². The molecule has 0 aliphatic heterocycles. The maximum atomic E-state index is 3.95. The van der Waals surface area contributed by atoms with Crippen LogP contribution in [0, 0.1) is 0 Å². The van der Waals surface area contributed by atoms with Crippen LogP contribution in [0.1, 0.15) is 40.5 Å². The molecule has 0 saturated carbocycles. The molecular weight excluding hydrogens is 144 g/mol. The number of allylic oxidation sites excluding steroid dienone is 4. The smallest absolute Gasteiger partial charge is 0.0305 e. The lowest BCUT2D eigenvalue weighted by atomic mass is 10.0. The lowest BCUT2D eigenvalue weighted by Gasteiger charge is -2.03. The van der Waals surface area contributed by atoms with Gasteiger partial charge < -0.3 is 0 Å². The van der Waals surface area contributed by atoms with Gasteiger partial charge in [0.15, 0.2) is 0 Å². The van der Waals surface area contributed by atoms with Crippen LogP contribution in [0.25, 0.3) is 0 Å². The molecule has 0 atom stereocenters. The van der Waals surface area contributed by atoms with Crippen molar-refractivity contribution in [2.75, 3.05) is 0 Å². The van der Waals surface area contributed by atoms with E-state index in [9.17, 15) is 0 Å². The zero-order chi connectivity index (χ0) is 9.98. The Labute approximate surface area is 77.7 Å². The van der Waals surface area contributed by atoms with Gasteiger partial charge in [-0.15, -0.1) is 0 Å². The highest BCUT2D eigenvalue weighted by Gasteiger charge is 1.94. The molecule has 0 aromatic rings. The second-order valence-electron chi connectivity index (χ2n) is 2.24. The summed E-state index contributed by atoms with van der Waals surface area (Å²) < 4.78 is 0. The van der Waals surface area contributed by atoms with Crippen LogP contribution >= 0.6 is 0 Å². The lowest BCUT2D eigenvalue weighted by molar-refractivity contribution is 1.03. The largest absolute Gasteiger partial charge is 0.0991 e. The third-order valence-electron chi connectivity index (χ3n) is 1.58. The summed E-state index contributed by atoms with van der Waals surface area (Å²) in [4.78, 5) is 0. The van der Waals surface area contributed by atoms with Gasteiger partial charge in [0, 0.05) is 0 Å². The van der Waals surface area contributed by atoms with Crippen LogP contribution in [0.15, 0.2) is 36.5 Å². The van der Waals surface area contributed by atoms with E-state index in [2.05, 4.69) is 27.0 Å². The fourth-order valence-corrected chi connectivity index (χ4v) is 0.855. The quantitative estimate of drug-likeness (QED) is 0.539. The average Bonchev–Trinajstić information content (AvgIpc) is 2.16. The van der Waals surface area contributed by atoms with E-state index >= 15 is 0 Å². The van der Waals surface area contributed by atoms with E-state index in [1.165, 1.54) is 11.1 Å². The van der Waals surface area contributed by atoms with Crippen molar-refractivity contribution in [2.24, 2.45) is 0 Å². The third-order valence-corrected chi connectivity index (χ3v) is 1.58. The zero-order valence-electron chi connectivity index (χ0n) is 8.98. The molecule has 0 amide bonds. The molecule has 0 N–H and O–H groups in total. The summed E-state index contributed by atoms with van der Waals surface area (Å²) in [5.74, 6) is 0. The Bertz CT molecular complexity index is 149. The highest BCUT2D eigenvalue weighted by Crippen LogP contribution is 2.14. The molecule has 0 saturated heterocycles. The second kappa shape index (κ2) is 10.2. The van der Waals surface area contributed by atoms with Crippen LogP contribution in [0.2, 0.25) is 0 Å². The normalized spacial score (nSPS) is 9.83. The maximum Gasteiger partial charge on any atom is -0.0305 e. The van der Waals surface area contributed by atoms with E-state index in [1.54, 1.807) is 0 Å². The molecule has 0 heterocycles. The van der Waals surface area contributed by atoms with Gasteiger partial charge in [-0.1, -0.05) is 58.6 Å². The molecule has 0 aromatic heterocycles. The summed E-state index contributed by atoms with van der Waals surface area (Å²) in [6.07, 6.45) is 5.94. The Hall–Kier alpha value is -0.780. The summed E-state index contributed by atoms with van der Waals surface area (Å²) in [7, 11) is 0. The van der Waals surface area contributed by atoms with Crippen molar-refractivity contribution in [3.63, 3.8) is 0 Å². The molecule has 0 spiro atoms. The molecule has 0 radical (unpaired) electrons. The van der Waals surface area contributed by atoms with Gasteiger partial charge in [-0.2, -0.15) is 0 Å². The first-order chi connectivity index (χ1) is 5.76. The summed E-state index contributed by atoms with van der Waals surface area (Å²) in [5.41, 5.74) is 2.54. The van der Waals surface area contributed by atoms with E-state index in [0.29, 0.717) is 0 Å². The first-order valence-electron chi connectivity index (χ1n) is 4.76. The van der Waals surface area contributed by atoms with Crippen LogP contribution in [0.4, 0.5) is 0 Å². The molecule has 0 aliphatic rings. The van der Waals surface area contributed by atoms with Crippen LogP contribution < -0.4 is 0 Å². The predicted molar refractivity (Wildman–Crippen MR) is 59.4 cm³/mol. The Morgan fingerprint density at radius 1 is 1.17 bits per heavy atom. The molecule has 0 heteroatoms. The monoisotopic (exact) mass is 166 g/mol. The Kier molecular flexibility index (Phi) is 11.7. The van der Waals surface area contributed by atoms with Crippen molar-refractivity contribution in [3.8, 4) is 0 Å². The SMILES string of the molecule is C=C/C=C(/CC)C(=C)CC.CC. The topological polar surface area (TPSA) is 0 Å². The molecule has 70 valence electrons. The van der Waals surface area contributed by atoms with Crippen molar-refractivity contribution in [1.29, 1.82) is 0 Å². The molecule has 0 aliphatic carbocycles. The summed E-state index contributed by atoms with van der Waals surface area (Å²) >= 11 is 0. The van der Waals surface area contributed by atoms with Crippen molar-refractivity contribution < 1.29 is 0 Å². The van der Waals surface area contributed by atoms with Crippen molar-refractivity contribution in [2.45, 2.75) is 40.5 Å². The minimum absolute atomic E-state index is 1.04. The zero-order valence-corrected chi connectivity index (χ0v) is 8.98. The van der Waals surface area contributed by atoms with Crippen molar-refractivity contribution in [3.05, 3.63) is 36.5 Å². The molecule has 0 aromatic carbocycles.